The van der Waals surface area contributed by atoms with Crippen LogP contribution in [0.3, 0.4) is 0 Å². The van der Waals surface area contributed by atoms with Crippen LogP contribution in [-0.4, -0.2) is 35.7 Å². The molecule has 0 spiro atoms. The maximum atomic E-state index is 12.3. The summed E-state index contributed by atoms with van der Waals surface area (Å²) in [7, 11) is 0. The van der Waals surface area contributed by atoms with E-state index in [9.17, 15) is 9.90 Å². The molecule has 0 saturated heterocycles. The summed E-state index contributed by atoms with van der Waals surface area (Å²) in [4.78, 5) is 24.2. The number of nitrogens with zero attached hydrogens (tertiary/aromatic N) is 7. The van der Waals surface area contributed by atoms with Crippen molar-refractivity contribution >= 4 is 35.4 Å². The summed E-state index contributed by atoms with van der Waals surface area (Å²) in [5.74, 6) is -0.0631. The maximum absolute atomic E-state index is 12.3. The number of nitriles is 2. The third-order valence-corrected chi connectivity index (χ3v) is 4.88. The number of benzene rings is 1. The van der Waals surface area contributed by atoms with Gasteiger partial charge in [0.1, 0.15) is 29.3 Å². The fraction of sp³-hybridized carbons (Fsp3) is 0. The number of hydrogen-bond acceptors (Lipinski definition) is 10. The average molecular weight is 493 g/mol. The van der Waals surface area contributed by atoms with Crippen molar-refractivity contribution in [2.75, 3.05) is 16.8 Å². The first-order chi connectivity index (χ1) is 17.8. The molecule has 0 aliphatic heterocycles. The minimum atomic E-state index is -0.579. The summed E-state index contributed by atoms with van der Waals surface area (Å²) in [6.45, 7) is 7.28. The maximum Gasteiger partial charge on any atom is 0.260 e. The lowest BCUT2D eigenvalue weighted by Gasteiger charge is -2.13. The van der Waals surface area contributed by atoms with Gasteiger partial charge in [0, 0.05) is 24.2 Å². The van der Waals surface area contributed by atoms with Crippen LogP contribution < -0.4 is 16.8 Å². The second kappa shape index (κ2) is 11.4. The number of nitrogens with one attached hydrogen (secondary N) is 1. The number of rotatable bonds is 5. The van der Waals surface area contributed by atoms with Crippen LogP contribution in [0.25, 0.3) is 18.1 Å². The number of anilines is 3. The fourth-order valence-electron chi connectivity index (χ4n) is 3.02. The summed E-state index contributed by atoms with van der Waals surface area (Å²) in [5.41, 5.74) is 13.3. The lowest BCUT2D eigenvalue weighted by Crippen LogP contribution is -2.14. The second-order valence-electron chi connectivity index (χ2n) is 7.11. The number of phenolic OH excluding ortho intramolecular Hbond substituents is 1. The Morgan fingerprint density at radius 3 is 2.35 bits per heavy atom. The number of nitrogen functional groups attached to an aromatic ring is 2. The Morgan fingerprint density at radius 2 is 1.81 bits per heavy atom. The topological polar surface area (TPSA) is 205 Å². The van der Waals surface area contributed by atoms with Crippen LogP contribution >= 0.6 is 0 Å². The van der Waals surface area contributed by atoms with Crippen molar-refractivity contribution in [2.24, 2.45) is 0 Å². The highest BCUT2D eigenvalue weighted by molar-refractivity contribution is 6.08. The van der Waals surface area contributed by atoms with Crippen molar-refractivity contribution in [3.8, 4) is 23.8 Å². The predicted octanol–water partition coefficient (Wildman–Crippen LogP) is 2.90. The molecule has 0 fully saturated rings. The molecular formula is C25H20N10O2. The van der Waals surface area contributed by atoms with Crippen molar-refractivity contribution < 1.29 is 9.90 Å². The number of hydrogen-bond donors (Lipinski definition) is 4. The fourth-order valence-corrected chi connectivity index (χ4v) is 3.02. The monoisotopic (exact) mass is 492 g/mol. The highest BCUT2D eigenvalue weighted by Crippen LogP contribution is 2.33. The summed E-state index contributed by atoms with van der Waals surface area (Å²) in [6.07, 6.45) is 8.87. The van der Waals surface area contributed by atoms with Gasteiger partial charge in [0.25, 0.3) is 11.9 Å². The molecule has 37 heavy (non-hydrogen) atoms. The zero-order chi connectivity index (χ0) is 26.9. The Bertz CT molecular complexity index is 1550. The number of carbonyl (C=O) groups is 1. The molecule has 4 rings (SSSR count). The molecule has 0 atom stereocenters. The predicted molar refractivity (Wildman–Crippen MR) is 138 cm³/mol. The molecule has 1 amide bonds. The summed E-state index contributed by atoms with van der Waals surface area (Å²) in [5, 5.41) is 33.9. The summed E-state index contributed by atoms with van der Waals surface area (Å²) < 4.78 is 1.32. The van der Waals surface area contributed by atoms with Crippen LogP contribution in [0, 0.1) is 22.7 Å². The highest BCUT2D eigenvalue weighted by Gasteiger charge is 2.18. The van der Waals surface area contributed by atoms with E-state index in [2.05, 4.69) is 38.5 Å². The Labute approximate surface area is 211 Å². The molecule has 12 nitrogen and oxygen atoms in total. The molecule has 0 aliphatic rings. The third kappa shape index (κ3) is 5.56. The van der Waals surface area contributed by atoms with E-state index in [0.29, 0.717) is 28.2 Å². The zero-order valence-corrected chi connectivity index (χ0v) is 19.3. The first kappa shape index (κ1) is 25.6. The first-order valence-corrected chi connectivity index (χ1v) is 10.4. The second-order valence-corrected chi connectivity index (χ2v) is 7.11. The lowest BCUT2D eigenvalue weighted by atomic mass is 9.99. The minimum Gasteiger partial charge on any atom is -0.505 e. The zero-order valence-electron chi connectivity index (χ0n) is 19.3. The van der Waals surface area contributed by atoms with Gasteiger partial charge in [0.05, 0.1) is 23.0 Å². The van der Waals surface area contributed by atoms with Gasteiger partial charge < -0.3 is 21.9 Å². The van der Waals surface area contributed by atoms with Gasteiger partial charge in [0.2, 0.25) is 0 Å². The summed E-state index contributed by atoms with van der Waals surface area (Å²) in [6, 6.07) is 10.0. The van der Waals surface area contributed by atoms with Crippen LogP contribution in [0.5, 0.6) is 5.75 Å². The van der Waals surface area contributed by atoms with Crippen molar-refractivity contribution in [1.82, 2.24) is 24.7 Å². The number of pyridine rings is 1. The Kier molecular flexibility index (Phi) is 7.90. The molecule has 1 aromatic carbocycles. The van der Waals surface area contributed by atoms with Crippen molar-refractivity contribution in [3.63, 3.8) is 0 Å². The van der Waals surface area contributed by atoms with Gasteiger partial charge in [-0.2, -0.15) is 20.3 Å². The van der Waals surface area contributed by atoms with E-state index in [1.165, 1.54) is 47.4 Å². The molecule has 6 N–H and O–H groups in total. The molecule has 182 valence electrons. The van der Waals surface area contributed by atoms with Crippen LogP contribution in [0.2, 0.25) is 0 Å². The molecule has 3 aromatic heterocycles. The molecule has 0 aliphatic carbocycles. The van der Waals surface area contributed by atoms with E-state index in [4.69, 9.17) is 22.0 Å². The third-order valence-electron chi connectivity index (χ3n) is 4.88. The molecule has 0 radical (unpaired) electrons. The lowest BCUT2D eigenvalue weighted by molar-refractivity contribution is 0.102. The standard InChI is InChI=1S/C17H14N4O2.C8H6N6/c1-3-11-7-13(16(22)15(19)12(11)4-2)17(23)21-14-6-5-10(8-18)9-20-14;9-4-6-5-13-14(7(6)10)8-11-2-1-3-12-8/h3-7,9,22H,1-2,19H2,(H,20,21,23);1-3,5H,10H2. The minimum absolute atomic E-state index is 0.00541. The van der Waals surface area contributed by atoms with Crippen LogP contribution in [0.15, 0.2) is 62.2 Å². The molecular weight excluding hydrogens is 472 g/mol. The molecule has 4 aromatic rings. The number of nitrogens with two attached hydrogens (primary N) is 2. The number of aromatic hydroxyl groups is 1. The van der Waals surface area contributed by atoms with Gasteiger partial charge in [-0.3, -0.25) is 4.79 Å². The van der Waals surface area contributed by atoms with E-state index in [-0.39, 0.29) is 28.6 Å². The van der Waals surface area contributed by atoms with Gasteiger partial charge in [-0.05, 0) is 29.8 Å². The van der Waals surface area contributed by atoms with E-state index in [1.807, 2.05) is 12.1 Å². The van der Waals surface area contributed by atoms with Crippen molar-refractivity contribution in [1.29, 1.82) is 10.5 Å². The van der Waals surface area contributed by atoms with Gasteiger partial charge in [-0.1, -0.05) is 25.3 Å². The number of carbonyl (C=O) groups excluding carboxylic acids is 1. The van der Waals surface area contributed by atoms with E-state index < -0.39 is 5.91 Å². The Hall–Kier alpha value is -6.01. The SMILES string of the molecule is C=Cc1cc(C(=O)Nc2ccc(C#N)cn2)c(O)c(N)c1C=C.N#Cc1cnn(-c2ncccn2)c1N. The average Bonchev–Trinajstić information content (AvgIpc) is 3.31. The summed E-state index contributed by atoms with van der Waals surface area (Å²) >= 11 is 0. The Morgan fingerprint density at radius 1 is 1.08 bits per heavy atom. The van der Waals surface area contributed by atoms with Gasteiger partial charge in [0.15, 0.2) is 5.75 Å². The molecule has 12 heteroatoms. The number of aromatic nitrogens is 5. The van der Waals surface area contributed by atoms with E-state index in [0.717, 1.165) is 0 Å². The molecule has 3 heterocycles. The largest absolute Gasteiger partial charge is 0.505 e. The van der Waals surface area contributed by atoms with Crippen LogP contribution in [-0.2, 0) is 0 Å². The van der Waals surface area contributed by atoms with E-state index >= 15 is 0 Å². The number of phenols is 1. The van der Waals surface area contributed by atoms with Crippen LogP contribution in [0.1, 0.15) is 32.6 Å². The van der Waals surface area contributed by atoms with Crippen molar-refractivity contribution in [2.45, 2.75) is 0 Å². The quantitative estimate of drug-likeness (QED) is 0.237. The normalized spacial score (nSPS) is 9.68. The first-order valence-electron chi connectivity index (χ1n) is 10.4. The van der Waals surface area contributed by atoms with Gasteiger partial charge in [-0.25, -0.2) is 15.0 Å². The van der Waals surface area contributed by atoms with Gasteiger partial charge in [-0.15, -0.1) is 0 Å². The smallest absolute Gasteiger partial charge is 0.260 e. The highest BCUT2D eigenvalue weighted by atomic mass is 16.3. The van der Waals surface area contributed by atoms with E-state index in [1.54, 1.807) is 18.5 Å². The number of amides is 1. The molecule has 0 unspecified atom stereocenters. The van der Waals surface area contributed by atoms with Gasteiger partial charge >= 0.3 is 0 Å². The van der Waals surface area contributed by atoms with Crippen LogP contribution in [0.4, 0.5) is 17.3 Å². The van der Waals surface area contributed by atoms with Crippen molar-refractivity contribution in [3.05, 3.63) is 90.0 Å². The molecule has 0 bridgehead atoms. The Balaban J connectivity index is 0.000000231. The molecule has 0 saturated carbocycles.